The minimum atomic E-state index is 0.00549. The van der Waals surface area contributed by atoms with Crippen LogP contribution in [0.5, 0.6) is 0 Å². The third kappa shape index (κ3) is 3.42. The van der Waals surface area contributed by atoms with Crippen LogP contribution in [0.1, 0.15) is 5.69 Å². The highest BCUT2D eigenvalue weighted by molar-refractivity contribution is 7.07. The maximum absolute atomic E-state index is 10.9. The second kappa shape index (κ2) is 5.41. The Morgan fingerprint density at radius 1 is 1.67 bits per heavy atom. The molecule has 1 aliphatic heterocycles. The molecular weight excluding hydrogens is 214 g/mol. The van der Waals surface area contributed by atoms with E-state index in [1.54, 1.807) is 0 Å². The lowest BCUT2D eigenvalue weighted by Crippen LogP contribution is -2.47. The largest absolute Gasteiger partial charge is 0.378 e. The number of aromatic nitrogens is 1. The van der Waals surface area contributed by atoms with Gasteiger partial charge in [0.05, 0.1) is 13.2 Å². The van der Waals surface area contributed by atoms with E-state index in [1.165, 1.54) is 11.3 Å². The van der Waals surface area contributed by atoms with E-state index in [4.69, 9.17) is 4.74 Å². The molecule has 0 radical (unpaired) electrons. The Kier molecular flexibility index (Phi) is 3.90. The van der Waals surface area contributed by atoms with Crippen molar-refractivity contribution in [3.63, 3.8) is 0 Å². The van der Waals surface area contributed by atoms with Gasteiger partial charge < -0.3 is 20.4 Å². The molecule has 1 atom stereocenters. The lowest BCUT2D eigenvalue weighted by atomic mass is 10.3. The highest BCUT2D eigenvalue weighted by atomic mass is 32.1. The maximum Gasteiger partial charge on any atom is 0.304 e. The van der Waals surface area contributed by atoms with Gasteiger partial charge in [0.25, 0.3) is 0 Å². The van der Waals surface area contributed by atoms with Gasteiger partial charge in [0.15, 0.2) is 0 Å². The number of thiazole rings is 1. The zero-order chi connectivity index (χ0) is 10.5. The Morgan fingerprint density at radius 2 is 2.60 bits per heavy atom. The van der Waals surface area contributed by atoms with Gasteiger partial charge in [-0.1, -0.05) is 11.3 Å². The minimum Gasteiger partial charge on any atom is -0.378 e. The molecule has 84 valence electrons. The molecule has 2 heterocycles. The molecule has 1 fully saturated rings. The average molecular weight is 229 g/mol. The van der Waals surface area contributed by atoms with Crippen LogP contribution >= 0.6 is 11.3 Å². The first-order valence-corrected chi connectivity index (χ1v) is 5.91. The van der Waals surface area contributed by atoms with E-state index < -0.39 is 0 Å². The summed E-state index contributed by atoms with van der Waals surface area (Å²) in [6.07, 6.45) is 0. The summed E-state index contributed by atoms with van der Waals surface area (Å²) in [7, 11) is 0. The van der Waals surface area contributed by atoms with Gasteiger partial charge in [-0.05, 0) is 0 Å². The molecule has 1 aliphatic rings. The molecule has 3 N–H and O–H groups in total. The first-order chi connectivity index (χ1) is 7.34. The van der Waals surface area contributed by atoms with E-state index in [2.05, 4.69) is 15.6 Å². The van der Waals surface area contributed by atoms with Crippen molar-refractivity contribution in [3.8, 4) is 0 Å². The number of aromatic amines is 1. The second-order valence-electron chi connectivity index (χ2n) is 3.53. The smallest absolute Gasteiger partial charge is 0.304 e. The fourth-order valence-corrected chi connectivity index (χ4v) is 2.11. The van der Waals surface area contributed by atoms with Crippen LogP contribution in [0.4, 0.5) is 0 Å². The molecule has 0 aromatic carbocycles. The number of hydrogen-bond donors (Lipinski definition) is 3. The van der Waals surface area contributed by atoms with Crippen LogP contribution < -0.4 is 15.5 Å². The van der Waals surface area contributed by atoms with E-state index >= 15 is 0 Å². The normalized spacial score (nSPS) is 21.7. The highest BCUT2D eigenvalue weighted by Gasteiger charge is 2.11. The summed E-state index contributed by atoms with van der Waals surface area (Å²) >= 11 is 1.20. The predicted molar refractivity (Wildman–Crippen MR) is 59.3 cm³/mol. The van der Waals surface area contributed by atoms with Crippen molar-refractivity contribution in [2.45, 2.75) is 12.6 Å². The second-order valence-corrected chi connectivity index (χ2v) is 4.37. The molecule has 0 bridgehead atoms. The van der Waals surface area contributed by atoms with Crippen molar-refractivity contribution in [2.24, 2.45) is 0 Å². The van der Waals surface area contributed by atoms with Crippen LogP contribution in [0, 0.1) is 0 Å². The van der Waals surface area contributed by atoms with E-state index in [0.29, 0.717) is 12.6 Å². The number of morpholine rings is 1. The molecule has 1 aromatic heterocycles. The molecule has 2 rings (SSSR count). The number of H-pyrrole nitrogens is 1. The van der Waals surface area contributed by atoms with Crippen molar-refractivity contribution in [1.29, 1.82) is 0 Å². The molecule has 0 amide bonds. The topological polar surface area (TPSA) is 66.2 Å². The molecule has 0 saturated carbocycles. The van der Waals surface area contributed by atoms with Gasteiger partial charge in [-0.15, -0.1) is 0 Å². The fraction of sp³-hybridized carbons (Fsp3) is 0.667. The van der Waals surface area contributed by atoms with Gasteiger partial charge in [0.1, 0.15) is 0 Å². The molecule has 0 spiro atoms. The van der Waals surface area contributed by atoms with Crippen LogP contribution in [0.2, 0.25) is 0 Å². The molecule has 0 aliphatic carbocycles. The zero-order valence-corrected chi connectivity index (χ0v) is 9.23. The van der Waals surface area contributed by atoms with E-state index in [9.17, 15) is 4.79 Å². The van der Waals surface area contributed by atoms with Crippen LogP contribution in [-0.4, -0.2) is 37.3 Å². The number of ether oxygens (including phenoxy) is 1. The highest BCUT2D eigenvalue weighted by Crippen LogP contribution is 1.95. The van der Waals surface area contributed by atoms with Gasteiger partial charge in [-0.25, -0.2) is 0 Å². The Morgan fingerprint density at radius 3 is 3.27 bits per heavy atom. The molecule has 1 unspecified atom stereocenters. The number of rotatable bonds is 4. The summed E-state index contributed by atoms with van der Waals surface area (Å²) < 4.78 is 5.33. The lowest BCUT2D eigenvalue weighted by Gasteiger charge is -2.23. The third-order valence-corrected chi connectivity index (χ3v) is 2.99. The van der Waals surface area contributed by atoms with Crippen molar-refractivity contribution >= 4 is 11.3 Å². The van der Waals surface area contributed by atoms with Gasteiger partial charge in [-0.3, -0.25) is 4.79 Å². The Hall–Kier alpha value is -0.690. The van der Waals surface area contributed by atoms with Crippen molar-refractivity contribution < 1.29 is 4.74 Å². The third-order valence-electron chi connectivity index (χ3n) is 2.28. The summed E-state index contributed by atoms with van der Waals surface area (Å²) in [5.74, 6) is 0. The van der Waals surface area contributed by atoms with Crippen LogP contribution in [-0.2, 0) is 11.3 Å². The van der Waals surface area contributed by atoms with Crippen molar-refractivity contribution in [1.82, 2.24) is 15.6 Å². The van der Waals surface area contributed by atoms with E-state index in [-0.39, 0.29) is 4.87 Å². The maximum atomic E-state index is 10.9. The Bertz CT molecular complexity index is 343. The molecule has 1 aromatic rings. The van der Waals surface area contributed by atoms with Crippen molar-refractivity contribution in [3.05, 3.63) is 20.7 Å². The number of nitrogens with one attached hydrogen (secondary N) is 3. The summed E-state index contributed by atoms with van der Waals surface area (Å²) in [4.78, 5) is 13.6. The SMILES string of the molecule is O=c1[nH]c(CNCC2COCCN2)cs1. The molecule has 6 heteroatoms. The summed E-state index contributed by atoms with van der Waals surface area (Å²) in [5, 5.41) is 8.48. The van der Waals surface area contributed by atoms with Crippen LogP contribution in [0.3, 0.4) is 0 Å². The number of hydrogen-bond acceptors (Lipinski definition) is 5. The first kappa shape index (κ1) is 10.8. The first-order valence-electron chi connectivity index (χ1n) is 5.03. The van der Waals surface area contributed by atoms with Crippen LogP contribution in [0.25, 0.3) is 0 Å². The van der Waals surface area contributed by atoms with Gasteiger partial charge in [0.2, 0.25) is 0 Å². The quantitative estimate of drug-likeness (QED) is 0.652. The van der Waals surface area contributed by atoms with Crippen LogP contribution in [0.15, 0.2) is 10.2 Å². The predicted octanol–water partition coefficient (Wildman–Crippen LogP) is -0.486. The monoisotopic (exact) mass is 229 g/mol. The van der Waals surface area contributed by atoms with Gasteiger partial charge in [0, 0.05) is 36.8 Å². The fourth-order valence-electron chi connectivity index (χ4n) is 1.53. The summed E-state index contributed by atoms with van der Waals surface area (Å²) in [5.41, 5.74) is 0.946. The summed E-state index contributed by atoms with van der Waals surface area (Å²) in [6, 6.07) is 0.379. The Labute approximate surface area is 91.9 Å². The minimum absolute atomic E-state index is 0.00549. The zero-order valence-electron chi connectivity index (χ0n) is 8.41. The van der Waals surface area contributed by atoms with Gasteiger partial charge in [-0.2, -0.15) is 0 Å². The molecule has 15 heavy (non-hydrogen) atoms. The van der Waals surface area contributed by atoms with E-state index in [0.717, 1.165) is 32.0 Å². The standard InChI is InChI=1S/C9H15N3O2S/c13-9-12-8(6-15-9)4-10-3-7-5-14-2-1-11-7/h6-7,10-11H,1-5H2,(H,12,13). The molecule has 5 nitrogen and oxygen atoms in total. The molecule has 1 saturated heterocycles. The van der Waals surface area contributed by atoms with Gasteiger partial charge >= 0.3 is 4.87 Å². The average Bonchev–Trinajstić information content (AvgIpc) is 2.66. The van der Waals surface area contributed by atoms with E-state index in [1.807, 2.05) is 5.38 Å². The summed E-state index contributed by atoms with van der Waals surface area (Å²) in [6.45, 7) is 4.04. The lowest BCUT2D eigenvalue weighted by molar-refractivity contribution is 0.0766. The Balaban J connectivity index is 1.68. The molecular formula is C9H15N3O2S. The van der Waals surface area contributed by atoms with Crippen molar-refractivity contribution in [2.75, 3.05) is 26.3 Å².